The van der Waals surface area contributed by atoms with Crippen LogP contribution in [0.3, 0.4) is 0 Å². The highest BCUT2D eigenvalue weighted by atomic mass is 31.3. The van der Waals surface area contributed by atoms with Crippen LogP contribution in [0.5, 0.6) is 0 Å². The molecule has 9 heteroatoms. The summed E-state index contributed by atoms with van der Waals surface area (Å²) in [4.78, 5) is 0. The molecule has 0 N–H and O–H groups in total. The maximum absolute atomic E-state index is 10.3. The second kappa shape index (κ2) is 5.17. The third-order valence-electron chi connectivity index (χ3n) is 0.143. The molecule has 0 heterocycles. The Morgan fingerprint density at radius 3 is 0.909 bits per heavy atom. The average Bonchev–Trinajstić information content (AvgIpc) is 1.59. The van der Waals surface area contributed by atoms with Gasteiger partial charge in [0.2, 0.25) is 0 Å². The Bertz CT molecular complexity index is 155. The van der Waals surface area contributed by atoms with Gasteiger partial charge >= 0.3 is 20.2 Å². The smallest absolute Gasteiger partial charge is 0.215 e. The van der Waals surface area contributed by atoms with Crippen molar-refractivity contribution in [3.63, 3.8) is 0 Å². The first-order valence-corrected chi connectivity index (χ1v) is 3.07. The standard InChI is InChI=1S/C2F4.F3OP/c3-1(4)2(5)6;1-5(2,3)4. The topological polar surface area (TPSA) is 17.1 Å². The van der Waals surface area contributed by atoms with Crippen LogP contribution < -0.4 is 0 Å². The largest absolute Gasteiger partial charge is 0.591 e. The molecule has 0 aromatic carbocycles. The Balaban J connectivity index is 0. The van der Waals surface area contributed by atoms with Crippen LogP contribution in [0.2, 0.25) is 0 Å². The molecule has 0 aliphatic heterocycles. The Hall–Kier alpha value is -0.520. The molecule has 11 heavy (non-hydrogen) atoms. The van der Waals surface area contributed by atoms with E-state index in [1.165, 1.54) is 0 Å². The van der Waals surface area contributed by atoms with Gasteiger partial charge in [-0.05, 0) is 0 Å². The molecule has 0 aromatic heterocycles. The summed E-state index contributed by atoms with van der Waals surface area (Å²) in [7, 11) is -6.14. The molecule has 0 spiro atoms. The van der Waals surface area contributed by atoms with E-state index < -0.39 is 20.2 Å². The summed E-state index contributed by atoms with van der Waals surface area (Å²) < 4.78 is 79.1. The van der Waals surface area contributed by atoms with Crippen molar-refractivity contribution in [1.82, 2.24) is 0 Å². The van der Waals surface area contributed by atoms with Gasteiger partial charge in [-0.2, -0.15) is 17.6 Å². The van der Waals surface area contributed by atoms with E-state index in [0.717, 1.165) is 0 Å². The highest BCUT2D eigenvalue weighted by molar-refractivity contribution is 7.47. The number of rotatable bonds is 0. The lowest BCUT2D eigenvalue weighted by Crippen LogP contribution is -1.56. The summed E-state index contributed by atoms with van der Waals surface area (Å²) in [6.07, 6.45) is -5.81. The second-order valence-electron chi connectivity index (χ2n) is 0.920. The molecule has 0 aliphatic rings. The van der Waals surface area contributed by atoms with Crippen LogP contribution in [0.4, 0.5) is 30.2 Å². The first-order chi connectivity index (χ1) is 4.64. The molecule has 0 amide bonds. The maximum Gasteiger partial charge on any atom is 0.591 e. The molecule has 0 atom stereocenters. The SMILES string of the molecule is FC(F)=C(F)F.O=P(F)(F)F. The summed E-state index contributed by atoms with van der Waals surface area (Å²) in [5.41, 5.74) is 0. The van der Waals surface area contributed by atoms with Gasteiger partial charge in [0, 0.05) is 0 Å². The van der Waals surface area contributed by atoms with E-state index in [-0.39, 0.29) is 0 Å². The maximum atomic E-state index is 10.3. The fourth-order valence-corrected chi connectivity index (χ4v) is 0. The summed E-state index contributed by atoms with van der Waals surface area (Å²) in [5.74, 6) is 0. The van der Waals surface area contributed by atoms with Crippen LogP contribution in [0.15, 0.2) is 12.2 Å². The Morgan fingerprint density at radius 2 is 0.909 bits per heavy atom. The van der Waals surface area contributed by atoms with Gasteiger partial charge in [0.15, 0.2) is 0 Å². The van der Waals surface area contributed by atoms with Crippen LogP contribution >= 0.6 is 8.07 Å². The van der Waals surface area contributed by atoms with Crippen LogP contribution in [0, 0.1) is 0 Å². The molecule has 0 saturated carbocycles. The molecule has 0 bridgehead atoms. The summed E-state index contributed by atoms with van der Waals surface area (Å²) in [6.45, 7) is 0. The zero-order valence-corrected chi connectivity index (χ0v) is 5.40. The summed E-state index contributed by atoms with van der Waals surface area (Å²) in [6, 6.07) is 0. The summed E-state index contributed by atoms with van der Waals surface area (Å²) >= 11 is 0. The lowest BCUT2D eigenvalue weighted by Gasteiger charge is -1.69. The van der Waals surface area contributed by atoms with Gasteiger partial charge in [-0.15, -0.1) is 12.6 Å². The third-order valence-corrected chi connectivity index (χ3v) is 0.143. The second-order valence-corrected chi connectivity index (χ2v) is 1.72. The first kappa shape index (κ1) is 13.1. The minimum absolute atomic E-state index is 2.91. The number of hydrogen-bond donors (Lipinski definition) is 0. The lowest BCUT2D eigenvalue weighted by atomic mass is 11.1. The minimum atomic E-state index is -6.14. The van der Waals surface area contributed by atoms with Gasteiger partial charge in [0.1, 0.15) is 0 Å². The molecule has 0 saturated heterocycles. The molecule has 0 aromatic rings. The summed E-state index contributed by atoms with van der Waals surface area (Å²) in [5, 5.41) is 0. The molecule has 1 nitrogen and oxygen atoms in total. The molecule has 0 fully saturated rings. The molecule has 0 unspecified atom stereocenters. The van der Waals surface area contributed by atoms with Gasteiger partial charge in [-0.3, -0.25) is 0 Å². The Labute approximate surface area is 56.2 Å². The Kier molecular flexibility index (Phi) is 6.16. The predicted octanol–water partition coefficient (Wildman–Crippen LogP) is 3.99. The van der Waals surface area contributed by atoms with Gasteiger partial charge < -0.3 is 0 Å². The quantitative estimate of drug-likeness (QED) is 0.430. The minimum Gasteiger partial charge on any atom is -0.215 e. The molecule has 0 rings (SSSR count). The van der Waals surface area contributed by atoms with Gasteiger partial charge in [0.05, 0.1) is 0 Å². The normalized spacial score (nSPS) is 9.73. The predicted molar refractivity (Wildman–Crippen MR) is 22.4 cm³/mol. The average molecular weight is 204 g/mol. The van der Waals surface area contributed by atoms with Crippen LogP contribution in [-0.4, -0.2) is 0 Å². The van der Waals surface area contributed by atoms with E-state index in [1.807, 2.05) is 0 Å². The Morgan fingerprint density at radius 1 is 0.818 bits per heavy atom. The third kappa shape index (κ3) is 43.8. The van der Waals surface area contributed by atoms with E-state index in [2.05, 4.69) is 0 Å². The van der Waals surface area contributed by atoms with Crippen molar-refractivity contribution >= 4 is 8.07 Å². The van der Waals surface area contributed by atoms with Crippen LogP contribution in [0.25, 0.3) is 0 Å². The van der Waals surface area contributed by atoms with Crippen molar-refractivity contribution in [3.8, 4) is 0 Å². The van der Waals surface area contributed by atoms with Gasteiger partial charge in [-0.1, -0.05) is 0 Å². The molecular formula is C2F7OP. The number of halogens is 7. The number of hydrogen-bond acceptors (Lipinski definition) is 1. The van der Waals surface area contributed by atoms with Crippen molar-refractivity contribution < 1.29 is 34.7 Å². The van der Waals surface area contributed by atoms with E-state index in [0.29, 0.717) is 0 Å². The molecule has 0 radical (unpaired) electrons. The monoisotopic (exact) mass is 204 g/mol. The van der Waals surface area contributed by atoms with Crippen molar-refractivity contribution in [2.75, 3.05) is 0 Å². The van der Waals surface area contributed by atoms with E-state index in [1.54, 1.807) is 0 Å². The zero-order valence-electron chi connectivity index (χ0n) is 4.50. The zero-order chi connectivity index (χ0) is 9.65. The molecule has 0 aliphatic carbocycles. The fraction of sp³-hybridized carbons (Fsp3) is 0. The van der Waals surface area contributed by atoms with Crippen molar-refractivity contribution in [3.05, 3.63) is 12.2 Å². The molecule has 68 valence electrons. The van der Waals surface area contributed by atoms with E-state index in [4.69, 9.17) is 4.57 Å². The first-order valence-electron chi connectivity index (χ1n) is 1.70. The van der Waals surface area contributed by atoms with E-state index >= 15 is 0 Å². The van der Waals surface area contributed by atoms with Crippen LogP contribution in [-0.2, 0) is 4.57 Å². The highest BCUT2D eigenvalue weighted by Gasteiger charge is 2.13. The lowest BCUT2D eigenvalue weighted by molar-refractivity contribution is 0.308. The highest BCUT2D eigenvalue weighted by Crippen LogP contribution is 2.50. The fourth-order valence-electron chi connectivity index (χ4n) is 0. The van der Waals surface area contributed by atoms with Gasteiger partial charge in [0.25, 0.3) is 0 Å². The van der Waals surface area contributed by atoms with Gasteiger partial charge in [-0.25, -0.2) is 4.57 Å². The van der Waals surface area contributed by atoms with Crippen molar-refractivity contribution in [1.29, 1.82) is 0 Å². The van der Waals surface area contributed by atoms with Crippen molar-refractivity contribution in [2.45, 2.75) is 0 Å². The molecular weight excluding hydrogens is 204 g/mol. The van der Waals surface area contributed by atoms with Crippen LogP contribution in [0.1, 0.15) is 0 Å². The van der Waals surface area contributed by atoms with Crippen molar-refractivity contribution in [2.24, 2.45) is 0 Å². The van der Waals surface area contributed by atoms with E-state index in [9.17, 15) is 30.2 Å².